The molecule has 0 radical (unpaired) electrons. The summed E-state index contributed by atoms with van der Waals surface area (Å²) in [7, 11) is 1.32. The van der Waals surface area contributed by atoms with Crippen LogP contribution in [0, 0.1) is 11.6 Å². The highest BCUT2D eigenvalue weighted by Gasteiger charge is 2.19. The Morgan fingerprint density at radius 1 is 1.50 bits per heavy atom. The van der Waals surface area contributed by atoms with Crippen LogP contribution < -0.4 is 5.32 Å². The molecule has 1 rings (SSSR count). The minimum atomic E-state index is -0.929. The van der Waals surface area contributed by atoms with Gasteiger partial charge in [0.1, 0.15) is 23.4 Å². The number of methoxy groups -OCH3 is 1. The second kappa shape index (κ2) is 5.77. The first kappa shape index (κ1) is 12.9. The summed E-state index contributed by atoms with van der Waals surface area (Å²) < 4.78 is 31.1. The summed E-state index contributed by atoms with van der Waals surface area (Å²) >= 11 is 5.45. The first-order valence-corrected chi connectivity index (χ1v) is 4.97. The largest absolute Gasteiger partial charge is 0.360 e. The molecule has 0 saturated carbocycles. The lowest BCUT2D eigenvalue weighted by Crippen LogP contribution is -2.38. The van der Waals surface area contributed by atoms with Gasteiger partial charge in [0.2, 0.25) is 0 Å². The molecule has 0 fully saturated rings. The summed E-state index contributed by atoms with van der Waals surface area (Å²) in [5.74, 6) is -2.77. The number of alkyl halides is 1. The molecule has 1 aromatic carbocycles. The Morgan fingerprint density at radius 3 is 2.50 bits per heavy atom. The number of ether oxygens (including phenoxy) is 1. The van der Waals surface area contributed by atoms with Gasteiger partial charge in [0.15, 0.2) is 0 Å². The summed E-state index contributed by atoms with van der Waals surface area (Å²) in [5, 5.41) is 2.24. The van der Waals surface area contributed by atoms with Crippen LogP contribution >= 0.6 is 11.6 Å². The van der Waals surface area contributed by atoms with Crippen molar-refractivity contribution in [3.8, 4) is 0 Å². The number of rotatable bonds is 4. The van der Waals surface area contributed by atoms with Gasteiger partial charge in [0, 0.05) is 7.11 Å². The van der Waals surface area contributed by atoms with E-state index in [2.05, 4.69) is 5.32 Å². The fourth-order valence-corrected chi connectivity index (χ4v) is 1.30. The molecule has 1 amide bonds. The van der Waals surface area contributed by atoms with Crippen molar-refractivity contribution in [1.82, 2.24) is 5.32 Å². The van der Waals surface area contributed by atoms with Crippen molar-refractivity contribution in [2.24, 2.45) is 0 Å². The van der Waals surface area contributed by atoms with Crippen molar-refractivity contribution < 1.29 is 18.3 Å². The molecule has 3 nitrogen and oxygen atoms in total. The average Bonchev–Trinajstić information content (AvgIpc) is 2.25. The first-order valence-electron chi connectivity index (χ1n) is 4.43. The predicted octanol–water partition coefficient (Wildman–Crippen LogP) is 1.91. The van der Waals surface area contributed by atoms with Crippen LogP contribution in [-0.2, 0) is 4.74 Å². The quantitative estimate of drug-likeness (QED) is 0.654. The highest BCUT2D eigenvalue weighted by atomic mass is 35.5. The average molecular weight is 250 g/mol. The van der Waals surface area contributed by atoms with E-state index in [9.17, 15) is 13.6 Å². The third-order valence-corrected chi connectivity index (χ3v) is 2.19. The van der Waals surface area contributed by atoms with E-state index in [-0.39, 0.29) is 5.88 Å². The number of benzene rings is 1. The van der Waals surface area contributed by atoms with E-state index in [4.69, 9.17) is 16.3 Å². The lowest BCUT2D eigenvalue weighted by atomic mass is 10.2. The zero-order valence-corrected chi connectivity index (χ0v) is 9.22. The molecule has 1 aromatic rings. The van der Waals surface area contributed by atoms with Crippen molar-refractivity contribution in [2.75, 3.05) is 13.0 Å². The van der Waals surface area contributed by atoms with Gasteiger partial charge in [-0.25, -0.2) is 8.78 Å². The number of carbonyl (C=O) groups is 1. The second-order valence-corrected chi connectivity index (χ2v) is 3.26. The van der Waals surface area contributed by atoms with Gasteiger partial charge in [-0.3, -0.25) is 4.79 Å². The van der Waals surface area contributed by atoms with Crippen molar-refractivity contribution in [3.05, 3.63) is 35.4 Å². The molecule has 88 valence electrons. The molecule has 1 atom stereocenters. The summed E-state index contributed by atoms with van der Waals surface area (Å²) in [6.07, 6.45) is -0.784. The zero-order valence-electron chi connectivity index (χ0n) is 8.47. The first-order chi connectivity index (χ1) is 7.60. The van der Waals surface area contributed by atoms with E-state index < -0.39 is 29.3 Å². The van der Waals surface area contributed by atoms with Gasteiger partial charge in [-0.1, -0.05) is 6.07 Å². The van der Waals surface area contributed by atoms with E-state index in [1.807, 2.05) is 0 Å². The molecular weight excluding hydrogens is 240 g/mol. The SMILES string of the molecule is CO[C@H](CCl)NC(=O)c1c(F)cccc1F. The number of hydrogen-bond donors (Lipinski definition) is 1. The summed E-state index contributed by atoms with van der Waals surface area (Å²) in [6, 6.07) is 3.18. The van der Waals surface area contributed by atoms with Gasteiger partial charge in [-0.05, 0) is 12.1 Å². The smallest absolute Gasteiger partial charge is 0.259 e. The fraction of sp³-hybridized carbons (Fsp3) is 0.300. The topological polar surface area (TPSA) is 38.3 Å². The Labute approximate surface area is 96.4 Å². The van der Waals surface area contributed by atoms with Gasteiger partial charge in [-0.15, -0.1) is 11.6 Å². The summed E-state index contributed by atoms with van der Waals surface area (Å²) in [5.41, 5.74) is -0.644. The standard InChI is InChI=1S/C10H10ClF2NO2/c1-16-8(5-11)14-10(15)9-6(12)3-2-4-7(9)13/h2-4,8H,5H2,1H3,(H,14,15)/t8-/m1/s1. The van der Waals surface area contributed by atoms with E-state index >= 15 is 0 Å². The van der Waals surface area contributed by atoms with Crippen LogP contribution in [0.2, 0.25) is 0 Å². The van der Waals surface area contributed by atoms with Crippen LogP contribution in [-0.4, -0.2) is 25.1 Å². The molecule has 0 aliphatic carbocycles. The number of hydrogen-bond acceptors (Lipinski definition) is 2. The van der Waals surface area contributed by atoms with E-state index in [0.29, 0.717) is 0 Å². The molecule has 0 aromatic heterocycles. The second-order valence-electron chi connectivity index (χ2n) is 2.95. The zero-order chi connectivity index (χ0) is 12.1. The summed E-state index contributed by atoms with van der Waals surface area (Å²) in [6.45, 7) is 0. The van der Waals surface area contributed by atoms with E-state index in [1.54, 1.807) is 0 Å². The Hall–Kier alpha value is -1.20. The maximum atomic E-state index is 13.2. The van der Waals surface area contributed by atoms with Gasteiger partial charge in [0.25, 0.3) is 5.91 Å². The molecule has 1 N–H and O–H groups in total. The summed E-state index contributed by atoms with van der Waals surface area (Å²) in [4.78, 5) is 11.5. The Morgan fingerprint density at radius 2 is 2.06 bits per heavy atom. The van der Waals surface area contributed by atoms with Crippen LogP contribution in [0.4, 0.5) is 8.78 Å². The molecule has 0 unspecified atom stereocenters. The van der Waals surface area contributed by atoms with Crippen LogP contribution in [0.3, 0.4) is 0 Å². The number of amides is 1. The van der Waals surface area contributed by atoms with Gasteiger partial charge in [-0.2, -0.15) is 0 Å². The van der Waals surface area contributed by atoms with Crippen LogP contribution in [0.25, 0.3) is 0 Å². The van der Waals surface area contributed by atoms with Crippen molar-refractivity contribution >= 4 is 17.5 Å². The molecule has 0 bridgehead atoms. The van der Waals surface area contributed by atoms with Crippen molar-refractivity contribution in [1.29, 1.82) is 0 Å². The van der Waals surface area contributed by atoms with E-state index in [0.717, 1.165) is 12.1 Å². The predicted molar refractivity (Wildman–Crippen MR) is 55.3 cm³/mol. The molecule has 0 aliphatic rings. The molecule has 0 heterocycles. The minimum absolute atomic E-state index is 0.0156. The minimum Gasteiger partial charge on any atom is -0.360 e. The van der Waals surface area contributed by atoms with Crippen molar-refractivity contribution in [3.63, 3.8) is 0 Å². The van der Waals surface area contributed by atoms with Crippen LogP contribution in [0.1, 0.15) is 10.4 Å². The van der Waals surface area contributed by atoms with Crippen molar-refractivity contribution in [2.45, 2.75) is 6.23 Å². The lowest BCUT2D eigenvalue weighted by Gasteiger charge is -2.14. The Kier molecular flexibility index (Phi) is 4.64. The molecule has 0 aliphatic heterocycles. The molecular formula is C10H10ClF2NO2. The van der Waals surface area contributed by atoms with Gasteiger partial charge < -0.3 is 10.1 Å². The normalized spacial score (nSPS) is 12.2. The third kappa shape index (κ3) is 2.90. The van der Waals surface area contributed by atoms with E-state index in [1.165, 1.54) is 13.2 Å². The number of nitrogens with one attached hydrogen (secondary N) is 1. The van der Waals surface area contributed by atoms with Gasteiger partial charge in [0.05, 0.1) is 5.88 Å². The highest BCUT2D eigenvalue weighted by Crippen LogP contribution is 2.12. The Balaban J connectivity index is 2.88. The number of halogens is 3. The molecule has 0 saturated heterocycles. The monoisotopic (exact) mass is 249 g/mol. The maximum Gasteiger partial charge on any atom is 0.259 e. The van der Waals surface area contributed by atoms with Crippen LogP contribution in [0.5, 0.6) is 0 Å². The molecule has 16 heavy (non-hydrogen) atoms. The fourth-order valence-electron chi connectivity index (χ4n) is 1.09. The lowest BCUT2D eigenvalue weighted by molar-refractivity contribution is 0.0664. The Bertz CT molecular complexity index is 363. The maximum absolute atomic E-state index is 13.2. The third-order valence-electron chi connectivity index (χ3n) is 1.91. The van der Waals surface area contributed by atoms with Gasteiger partial charge >= 0.3 is 0 Å². The number of carbonyl (C=O) groups excluding carboxylic acids is 1. The molecule has 6 heteroatoms. The molecule has 0 spiro atoms. The van der Waals surface area contributed by atoms with Crippen LogP contribution in [0.15, 0.2) is 18.2 Å². The highest BCUT2D eigenvalue weighted by molar-refractivity contribution is 6.18.